The molecule has 0 radical (unpaired) electrons. The number of rotatable bonds is 14. The van der Waals surface area contributed by atoms with Crippen molar-refractivity contribution < 1.29 is 41.0 Å². The normalized spacial score (nSPS) is 11.6. The first-order chi connectivity index (χ1) is 15.4. The Kier molecular flexibility index (Phi) is 11.1. The van der Waals surface area contributed by atoms with Gasteiger partial charge < -0.3 is 0 Å². The van der Waals surface area contributed by atoms with E-state index in [1.54, 1.807) is 0 Å². The first kappa shape index (κ1) is 26.8. The van der Waals surface area contributed by atoms with E-state index < -0.39 is 56.1 Å². The first-order valence-electron chi connectivity index (χ1n) is 10.7. The third kappa shape index (κ3) is 6.30. The topological polar surface area (TPSA) is 38.7 Å². The maximum atomic E-state index is 14.7. The Balaban J connectivity index is 2.19. The zero-order chi connectivity index (χ0) is 23.7. The van der Waals surface area contributed by atoms with Crippen LogP contribution in [0.2, 0.25) is 0 Å². The quantitative estimate of drug-likeness (QED) is 0.0554. The highest BCUT2D eigenvalue weighted by Crippen LogP contribution is 2.40. The number of hydrogen-bond donors (Lipinski definition) is 1. The molecule has 0 aliphatic rings. The van der Waals surface area contributed by atoms with Gasteiger partial charge in [0.05, 0.1) is 16.9 Å². The maximum Gasteiger partial charge on any atom is 0.198 e. The standard InChI is InChI=1S/C22H26F6O3S/c1-2-3-4-5-6-7-8-9-10-11-12-13-14-15(18(25)20(27)19(26)17(14)24)22(32-31-30-29)21(28)16(13)23/h29H,2-12H2,1H3. The molecule has 0 heterocycles. The molecule has 0 unspecified atom stereocenters. The van der Waals surface area contributed by atoms with Crippen molar-refractivity contribution in [3.63, 3.8) is 0 Å². The summed E-state index contributed by atoms with van der Waals surface area (Å²) >= 11 is -0.202. The Morgan fingerprint density at radius 3 is 1.66 bits per heavy atom. The lowest BCUT2D eigenvalue weighted by Gasteiger charge is -2.15. The van der Waals surface area contributed by atoms with E-state index in [0.29, 0.717) is 12.8 Å². The summed E-state index contributed by atoms with van der Waals surface area (Å²) in [5.41, 5.74) is -0.582. The van der Waals surface area contributed by atoms with E-state index in [9.17, 15) is 26.3 Å². The van der Waals surface area contributed by atoms with Crippen LogP contribution in [0.1, 0.15) is 76.7 Å². The molecule has 0 atom stereocenters. The van der Waals surface area contributed by atoms with Gasteiger partial charge in [-0.05, 0) is 12.8 Å². The Bertz CT molecular complexity index is 910. The van der Waals surface area contributed by atoms with Crippen LogP contribution in [0.3, 0.4) is 0 Å². The minimum absolute atomic E-state index is 0.195. The predicted molar refractivity (Wildman–Crippen MR) is 110 cm³/mol. The van der Waals surface area contributed by atoms with Gasteiger partial charge in [0, 0.05) is 16.3 Å². The molecular weight excluding hydrogens is 458 g/mol. The fourth-order valence-electron chi connectivity index (χ4n) is 3.73. The number of hydrogen-bond acceptors (Lipinski definition) is 4. The monoisotopic (exact) mass is 484 g/mol. The highest BCUT2D eigenvalue weighted by Gasteiger charge is 2.30. The summed E-state index contributed by atoms with van der Waals surface area (Å²) in [6.45, 7) is 2.15. The molecule has 0 saturated heterocycles. The van der Waals surface area contributed by atoms with E-state index in [2.05, 4.69) is 16.3 Å². The summed E-state index contributed by atoms with van der Waals surface area (Å²) in [6, 6.07) is 0. The lowest BCUT2D eigenvalue weighted by Crippen LogP contribution is -2.07. The van der Waals surface area contributed by atoms with Crippen molar-refractivity contribution >= 4 is 22.8 Å². The van der Waals surface area contributed by atoms with E-state index in [0.717, 1.165) is 25.7 Å². The van der Waals surface area contributed by atoms with Crippen molar-refractivity contribution in [2.75, 3.05) is 0 Å². The summed E-state index contributed by atoms with van der Waals surface area (Å²) in [4.78, 5) is -1.02. The number of aryl methyl sites for hydroxylation is 1. The van der Waals surface area contributed by atoms with Crippen LogP contribution in [0, 0.1) is 34.9 Å². The van der Waals surface area contributed by atoms with Crippen LogP contribution in [-0.2, 0) is 15.8 Å². The predicted octanol–water partition coefficient (Wildman–Crippen LogP) is 8.57. The van der Waals surface area contributed by atoms with Crippen LogP contribution in [0.4, 0.5) is 26.3 Å². The van der Waals surface area contributed by atoms with Crippen LogP contribution in [-0.4, -0.2) is 5.26 Å². The molecule has 0 aliphatic heterocycles. The van der Waals surface area contributed by atoms with Gasteiger partial charge in [-0.25, -0.2) is 31.6 Å². The molecule has 0 fully saturated rings. The van der Waals surface area contributed by atoms with Gasteiger partial charge in [0.25, 0.3) is 0 Å². The zero-order valence-corrected chi connectivity index (χ0v) is 18.5. The highest BCUT2D eigenvalue weighted by atomic mass is 32.2. The van der Waals surface area contributed by atoms with Gasteiger partial charge in [0.1, 0.15) is 0 Å². The van der Waals surface area contributed by atoms with E-state index >= 15 is 0 Å². The van der Waals surface area contributed by atoms with Crippen LogP contribution in [0.5, 0.6) is 0 Å². The van der Waals surface area contributed by atoms with E-state index in [1.165, 1.54) is 25.7 Å². The minimum atomic E-state index is -2.17. The van der Waals surface area contributed by atoms with Gasteiger partial charge in [-0.3, -0.25) is 0 Å². The molecule has 1 N–H and O–H groups in total. The van der Waals surface area contributed by atoms with Gasteiger partial charge in [0.15, 0.2) is 34.9 Å². The molecule has 0 aromatic heterocycles. The number of halogens is 6. The van der Waals surface area contributed by atoms with Crippen molar-refractivity contribution in [3.05, 3.63) is 40.5 Å². The molecule has 0 amide bonds. The van der Waals surface area contributed by atoms with Gasteiger partial charge >= 0.3 is 0 Å². The molecule has 0 bridgehead atoms. The summed E-state index contributed by atoms with van der Waals surface area (Å²) in [6.07, 6.45) is 9.49. The Hall–Kier alpha value is -1.49. The fraction of sp³-hybridized carbons (Fsp3) is 0.545. The molecule has 10 heteroatoms. The maximum absolute atomic E-state index is 14.7. The average molecular weight is 485 g/mol. The van der Waals surface area contributed by atoms with Crippen LogP contribution in [0.15, 0.2) is 4.90 Å². The van der Waals surface area contributed by atoms with Gasteiger partial charge in [-0.2, -0.15) is 0 Å². The molecule has 3 nitrogen and oxygen atoms in total. The molecule has 32 heavy (non-hydrogen) atoms. The van der Waals surface area contributed by atoms with Crippen LogP contribution < -0.4 is 0 Å². The lowest BCUT2D eigenvalue weighted by molar-refractivity contribution is -0.432. The lowest BCUT2D eigenvalue weighted by atomic mass is 9.96. The molecule has 0 saturated carbocycles. The van der Waals surface area contributed by atoms with Crippen molar-refractivity contribution in [3.8, 4) is 0 Å². The average Bonchev–Trinajstić information content (AvgIpc) is 2.79. The third-order valence-electron chi connectivity index (χ3n) is 5.38. The summed E-state index contributed by atoms with van der Waals surface area (Å²) in [5.74, 6) is -11.2. The van der Waals surface area contributed by atoms with Gasteiger partial charge in [-0.1, -0.05) is 69.7 Å². The third-order valence-corrected chi connectivity index (χ3v) is 6.06. The number of benzene rings is 2. The van der Waals surface area contributed by atoms with Crippen molar-refractivity contribution in [1.29, 1.82) is 0 Å². The second-order valence-corrected chi connectivity index (χ2v) is 8.31. The molecule has 0 spiro atoms. The smallest absolute Gasteiger partial charge is 0.198 e. The molecule has 0 aliphatic carbocycles. The Morgan fingerprint density at radius 1 is 0.625 bits per heavy atom. The van der Waals surface area contributed by atoms with Crippen molar-refractivity contribution in [2.45, 2.75) is 82.4 Å². The van der Waals surface area contributed by atoms with E-state index in [-0.39, 0.29) is 18.5 Å². The summed E-state index contributed by atoms with van der Waals surface area (Å²) in [7, 11) is 0. The van der Waals surface area contributed by atoms with Gasteiger partial charge in [0.2, 0.25) is 0 Å². The van der Waals surface area contributed by atoms with Gasteiger partial charge in [-0.15, -0.1) is 4.33 Å². The van der Waals surface area contributed by atoms with Crippen molar-refractivity contribution in [2.24, 2.45) is 0 Å². The Morgan fingerprint density at radius 2 is 1.12 bits per heavy atom. The molecule has 2 rings (SSSR count). The second kappa shape index (κ2) is 13.3. The summed E-state index contributed by atoms with van der Waals surface area (Å²) < 4.78 is 89.8. The van der Waals surface area contributed by atoms with E-state index in [4.69, 9.17) is 5.26 Å². The fourth-order valence-corrected chi connectivity index (χ4v) is 4.27. The highest BCUT2D eigenvalue weighted by molar-refractivity contribution is 7.94. The van der Waals surface area contributed by atoms with E-state index in [1.807, 2.05) is 0 Å². The zero-order valence-electron chi connectivity index (χ0n) is 17.7. The number of unbranched alkanes of at least 4 members (excludes halogenated alkanes) is 9. The minimum Gasteiger partial charge on any atom is -0.220 e. The van der Waals surface area contributed by atoms with Crippen LogP contribution in [0.25, 0.3) is 10.8 Å². The molecule has 2 aromatic carbocycles. The SMILES string of the molecule is CCCCCCCCCCCCc1c(F)c(F)c(SOOO)c2c(F)c(F)c(F)c(F)c12. The molecule has 180 valence electrons. The Labute approximate surface area is 187 Å². The summed E-state index contributed by atoms with van der Waals surface area (Å²) in [5, 5.41) is 9.58. The van der Waals surface area contributed by atoms with Crippen LogP contribution >= 0.6 is 12.0 Å². The largest absolute Gasteiger partial charge is 0.220 e. The second-order valence-electron chi connectivity index (χ2n) is 7.60. The molecule has 2 aromatic rings. The molecular formula is C22H26F6O3S. The van der Waals surface area contributed by atoms with Crippen molar-refractivity contribution in [1.82, 2.24) is 0 Å². The first-order valence-corrected chi connectivity index (χ1v) is 11.4. The number of fused-ring (bicyclic) bond motifs is 1.